The third-order valence-electron chi connectivity index (χ3n) is 2.91. The van der Waals surface area contributed by atoms with Gasteiger partial charge in [0.25, 0.3) is 0 Å². The molecule has 2 nitrogen and oxygen atoms in total. The van der Waals surface area contributed by atoms with Gasteiger partial charge < -0.3 is 4.74 Å². The molecule has 2 rings (SSSR count). The molecule has 0 fully saturated rings. The Morgan fingerprint density at radius 2 is 2.12 bits per heavy atom. The molecular formula is C14H16O2. The van der Waals surface area contributed by atoms with Crippen molar-refractivity contribution in [1.82, 2.24) is 0 Å². The van der Waals surface area contributed by atoms with Crippen LogP contribution in [0.15, 0.2) is 42.0 Å². The molecule has 0 spiro atoms. The smallest absolute Gasteiger partial charge is 0.334 e. The molecule has 1 aromatic carbocycles. The maximum Gasteiger partial charge on any atom is 0.334 e. The Bertz CT molecular complexity index is 392. The van der Waals surface area contributed by atoms with Crippen molar-refractivity contribution in [3.05, 3.63) is 47.5 Å². The van der Waals surface area contributed by atoms with Gasteiger partial charge in [-0.1, -0.05) is 36.4 Å². The first-order chi connectivity index (χ1) is 7.83. The van der Waals surface area contributed by atoms with E-state index in [0.717, 1.165) is 18.4 Å². The molecule has 0 radical (unpaired) electrons. The zero-order valence-electron chi connectivity index (χ0n) is 9.48. The summed E-state index contributed by atoms with van der Waals surface area (Å²) >= 11 is 0. The van der Waals surface area contributed by atoms with Crippen LogP contribution in [0, 0.1) is 0 Å². The van der Waals surface area contributed by atoms with Crippen molar-refractivity contribution in [1.29, 1.82) is 0 Å². The van der Waals surface area contributed by atoms with E-state index in [2.05, 4.69) is 12.1 Å². The Hall–Kier alpha value is -1.57. The van der Waals surface area contributed by atoms with E-state index >= 15 is 0 Å². The van der Waals surface area contributed by atoms with Crippen molar-refractivity contribution >= 4 is 5.97 Å². The Kier molecular flexibility index (Phi) is 3.40. The summed E-state index contributed by atoms with van der Waals surface area (Å²) in [4.78, 5) is 11.7. The number of allylic oxidation sites excluding steroid dienone is 1. The largest absolute Gasteiger partial charge is 0.463 e. The minimum Gasteiger partial charge on any atom is -0.463 e. The molecule has 0 unspecified atom stereocenters. The van der Waals surface area contributed by atoms with E-state index in [4.69, 9.17) is 4.74 Å². The lowest BCUT2D eigenvalue weighted by molar-refractivity contribution is -0.138. The molecule has 0 N–H and O–H groups in total. The third kappa shape index (κ3) is 2.16. The van der Waals surface area contributed by atoms with Gasteiger partial charge in [-0.15, -0.1) is 0 Å². The molecule has 84 valence electrons. The lowest BCUT2D eigenvalue weighted by Crippen LogP contribution is -2.12. The minimum atomic E-state index is -0.158. The predicted octanol–water partition coefficient (Wildman–Crippen LogP) is 3.05. The van der Waals surface area contributed by atoms with Crippen LogP contribution in [0.4, 0.5) is 0 Å². The van der Waals surface area contributed by atoms with Crippen molar-refractivity contribution < 1.29 is 9.53 Å². The van der Waals surface area contributed by atoms with Gasteiger partial charge in [-0.05, 0) is 25.3 Å². The van der Waals surface area contributed by atoms with Gasteiger partial charge in [-0.3, -0.25) is 0 Å². The molecule has 0 heterocycles. The second-order valence-electron chi connectivity index (χ2n) is 3.92. The summed E-state index contributed by atoms with van der Waals surface area (Å²) in [6.07, 6.45) is 3.99. The standard InChI is InChI=1S/C14H16O2/c1-2-16-14(15)13-10-6-9-12(13)11-7-4-3-5-8-11/h3-5,7-8,10,12H,2,6,9H2,1H3/t12-/m1/s1. The highest BCUT2D eigenvalue weighted by Crippen LogP contribution is 2.35. The molecule has 0 aliphatic heterocycles. The predicted molar refractivity (Wildman–Crippen MR) is 63.1 cm³/mol. The molecule has 0 aromatic heterocycles. The van der Waals surface area contributed by atoms with Crippen LogP contribution >= 0.6 is 0 Å². The maximum atomic E-state index is 11.7. The van der Waals surface area contributed by atoms with Crippen LogP contribution in [-0.4, -0.2) is 12.6 Å². The first kappa shape index (κ1) is 10.9. The van der Waals surface area contributed by atoms with Crippen LogP contribution < -0.4 is 0 Å². The normalized spacial score (nSPS) is 19.3. The molecule has 0 bridgehead atoms. The fraction of sp³-hybridized carbons (Fsp3) is 0.357. The SMILES string of the molecule is CCOC(=O)C1=CCC[C@@H]1c1ccccc1. The van der Waals surface area contributed by atoms with Gasteiger partial charge in [-0.2, -0.15) is 0 Å². The molecule has 1 aliphatic carbocycles. The maximum absolute atomic E-state index is 11.7. The lowest BCUT2D eigenvalue weighted by atomic mass is 9.93. The van der Waals surface area contributed by atoms with Gasteiger partial charge in [0.1, 0.15) is 0 Å². The summed E-state index contributed by atoms with van der Waals surface area (Å²) in [5.41, 5.74) is 2.03. The third-order valence-corrected chi connectivity index (χ3v) is 2.91. The van der Waals surface area contributed by atoms with E-state index in [1.54, 1.807) is 0 Å². The van der Waals surface area contributed by atoms with Crippen LogP contribution in [0.3, 0.4) is 0 Å². The van der Waals surface area contributed by atoms with E-state index in [1.165, 1.54) is 5.56 Å². The highest BCUT2D eigenvalue weighted by Gasteiger charge is 2.26. The molecule has 0 amide bonds. The van der Waals surface area contributed by atoms with Crippen LogP contribution in [-0.2, 0) is 9.53 Å². The lowest BCUT2D eigenvalue weighted by Gasteiger charge is -2.14. The quantitative estimate of drug-likeness (QED) is 0.726. The van der Waals surface area contributed by atoms with E-state index in [9.17, 15) is 4.79 Å². The second kappa shape index (κ2) is 4.97. The molecule has 2 heteroatoms. The van der Waals surface area contributed by atoms with Gasteiger partial charge >= 0.3 is 5.97 Å². The van der Waals surface area contributed by atoms with Gasteiger partial charge in [-0.25, -0.2) is 4.79 Å². The van der Waals surface area contributed by atoms with E-state index in [1.807, 2.05) is 31.2 Å². The number of hydrogen-bond acceptors (Lipinski definition) is 2. The number of carbonyl (C=O) groups is 1. The van der Waals surface area contributed by atoms with Crippen molar-refractivity contribution in [3.63, 3.8) is 0 Å². The van der Waals surface area contributed by atoms with Gasteiger partial charge in [0.15, 0.2) is 0 Å². The monoisotopic (exact) mass is 216 g/mol. The van der Waals surface area contributed by atoms with Crippen LogP contribution in [0.1, 0.15) is 31.2 Å². The second-order valence-corrected chi connectivity index (χ2v) is 3.92. The number of esters is 1. The van der Waals surface area contributed by atoms with E-state index in [0.29, 0.717) is 6.61 Å². The van der Waals surface area contributed by atoms with E-state index < -0.39 is 0 Å². The van der Waals surface area contributed by atoms with Gasteiger partial charge in [0.2, 0.25) is 0 Å². The Morgan fingerprint density at radius 1 is 1.38 bits per heavy atom. The molecular weight excluding hydrogens is 200 g/mol. The van der Waals surface area contributed by atoms with E-state index in [-0.39, 0.29) is 11.9 Å². The number of ether oxygens (including phenoxy) is 1. The summed E-state index contributed by atoms with van der Waals surface area (Å²) < 4.78 is 5.07. The highest BCUT2D eigenvalue weighted by atomic mass is 16.5. The first-order valence-electron chi connectivity index (χ1n) is 5.75. The number of carbonyl (C=O) groups excluding carboxylic acids is 1. The fourth-order valence-corrected chi connectivity index (χ4v) is 2.17. The molecule has 16 heavy (non-hydrogen) atoms. The van der Waals surface area contributed by atoms with Gasteiger partial charge in [0.05, 0.1) is 6.61 Å². The molecule has 1 aliphatic rings. The highest BCUT2D eigenvalue weighted by molar-refractivity contribution is 5.90. The average Bonchev–Trinajstić information content (AvgIpc) is 2.79. The average molecular weight is 216 g/mol. The summed E-state index contributed by atoms with van der Waals surface area (Å²) in [7, 11) is 0. The number of hydrogen-bond donors (Lipinski definition) is 0. The summed E-state index contributed by atoms with van der Waals surface area (Å²) in [6.45, 7) is 2.28. The zero-order valence-corrected chi connectivity index (χ0v) is 9.48. The molecule has 1 aromatic rings. The molecule has 0 saturated heterocycles. The Labute approximate surface area is 95.9 Å². The zero-order chi connectivity index (χ0) is 11.4. The summed E-state index contributed by atoms with van der Waals surface area (Å²) in [5.74, 6) is 0.0640. The fourth-order valence-electron chi connectivity index (χ4n) is 2.17. The number of benzene rings is 1. The Balaban J connectivity index is 2.18. The topological polar surface area (TPSA) is 26.3 Å². The van der Waals surface area contributed by atoms with Crippen molar-refractivity contribution in [2.24, 2.45) is 0 Å². The number of rotatable bonds is 3. The Morgan fingerprint density at radius 3 is 2.81 bits per heavy atom. The molecule has 1 atom stereocenters. The van der Waals surface area contributed by atoms with Crippen LogP contribution in [0.25, 0.3) is 0 Å². The molecule has 0 saturated carbocycles. The van der Waals surface area contributed by atoms with Crippen molar-refractivity contribution in [3.8, 4) is 0 Å². The minimum absolute atomic E-state index is 0.158. The summed E-state index contributed by atoms with van der Waals surface area (Å²) in [5, 5.41) is 0. The van der Waals surface area contributed by atoms with Crippen LogP contribution in [0.2, 0.25) is 0 Å². The van der Waals surface area contributed by atoms with Crippen LogP contribution in [0.5, 0.6) is 0 Å². The van der Waals surface area contributed by atoms with Gasteiger partial charge in [0, 0.05) is 11.5 Å². The van der Waals surface area contributed by atoms with Crippen molar-refractivity contribution in [2.45, 2.75) is 25.7 Å². The summed E-state index contributed by atoms with van der Waals surface area (Å²) in [6, 6.07) is 10.2. The first-order valence-corrected chi connectivity index (χ1v) is 5.75. The van der Waals surface area contributed by atoms with Crippen molar-refractivity contribution in [2.75, 3.05) is 6.61 Å².